The summed E-state index contributed by atoms with van der Waals surface area (Å²) in [6, 6.07) is 24.9. The lowest BCUT2D eigenvalue weighted by Crippen LogP contribution is -2.15. The number of aryl methyl sites for hydroxylation is 2. The van der Waals surface area contributed by atoms with Crippen molar-refractivity contribution in [3.63, 3.8) is 0 Å². The highest BCUT2D eigenvalue weighted by atomic mass is 16.2. The second kappa shape index (κ2) is 8.03. The average molecular weight is 420 g/mol. The first kappa shape index (κ1) is 19.6. The van der Waals surface area contributed by atoms with Crippen molar-refractivity contribution in [3.8, 4) is 17.1 Å². The van der Waals surface area contributed by atoms with E-state index in [1.807, 2.05) is 86.6 Å². The van der Waals surface area contributed by atoms with Gasteiger partial charge < -0.3 is 5.32 Å². The summed E-state index contributed by atoms with van der Waals surface area (Å²) in [4.78, 5) is 26.5. The maximum absolute atomic E-state index is 13.0. The van der Waals surface area contributed by atoms with Crippen LogP contribution in [0.3, 0.4) is 0 Å². The topological polar surface area (TPSA) is 85.6 Å². The van der Waals surface area contributed by atoms with Gasteiger partial charge in [-0.1, -0.05) is 48.5 Å². The van der Waals surface area contributed by atoms with E-state index in [1.54, 1.807) is 10.7 Å². The van der Waals surface area contributed by atoms with Crippen molar-refractivity contribution >= 4 is 22.8 Å². The lowest BCUT2D eigenvalue weighted by atomic mass is 10.1. The highest BCUT2D eigenvalue weighted by Gasteiger charge is 2.19. The van der Waals surface area contributed by atoms with Gasteiger partial charge in [0.25, 0.3) is 5.91 Å². The zero-order valence-electron chi connectivity index (χ0n) is 17.6. The fraction of sp³-hybridized carbons (Fsp3) is 0.0800. The average Bonchev–Trinajstić information content (AvgIpc) is 3.26. The summed E-state index contributed by atoms with van der Waals surface area (Å²) in [6.45, 7) is 3.94. The van der Waals surface area contributed by atoms with Crippen molar-refractivity contribution in [1.29, 1.82) is 0 Å². The number of nitrogens with zero attached hydrogens (tertiary/aromatic N) is 5. The molecular formula is C25H20N6O. The van der Waals surface area contributed by atoms with Gasteiger partial charge in [-0.25, -0.2) is 19.6 Å². The number of pyridine rings is 2. The van der Waals surface area contributed by atoms with Crippen LogP contribution in [0.25, 0.3) is 28.1 Å². The molecule has 0 aliphatic rings. The molecule has 7 heteroatoms. The molecule has 156 valence electrons. The fourth-order valence-corrected chi connectivity index (χ4v) is 3.61. The molecule has 3 heterocycles. The first-order valence-electron chi connectivity index (χ1n) is 10.2. The molecule has 7 nitrogen and oxygen atoms in total. The molecule has 0 aliphatic heterocycles. The number of fused-ring (bicyclic) bond motifs is 1. The Morgan fingerprint density at radius 2 is 1.56 bits per heavy atom. The number of hydrogen-bond acceptors (Lipinski definition) is 5. The van der Waals surface area contributed by atoms with E-state index < -0.39 is 5.91 Å². The SMILES string of the molecule is Cc1cc(C)c2ccc(NC(=O)c3nc(-c4ccccc4)n(-c4ccccc4)n3)nc2n1. The molecule has 0 aliphatic carbocycles. The zero-order chi connectivity index (χ0) is 22.1. The minimum Gasteiger partial charge on any atom is -0.304 e. The van der Waals surface area contributed by atoms with E-state index in [4.69, 9.17) is 0 Å². The molecule has 5 aromatic rings. The predicted octanol–water partition coefficient (Wildman–Crippen LogP) is 4.75. The Balaban J connectivity index is 1.51. The Kier molecular flexibility index (Phi) is 4.91. The second-order valence-corrected chi connectivity index (χ2v) is 7.47. The van der Waals surface area contributed by atoms with Crippen molar-refractivity contribution in [2.24, 2.45) is 0 Å². The molecule has 5 rings (SSSR count). The third-order valence-corrected chi connectivity index (χ3v) is 5.09. The van der Waals surface area contributed by atoms with Gasteiger partial charge >= 0.3 is 0 Å². The highest BCUT2D eigenvalue weighted by Crippen LogP contribution is 2.22. The van der Waals surface area contributed by atoms with Gasteiger partial charge in [0.05, 0.1) is 5.69 Å². The van der Waals surface area contributed by atoms with Crippen LogP contribution in [-0.4, -0.2) is 30.6 Å². The van der Waals surface area contributed by atoms with E-state index in [1.165, 1.54) is 0 Å². The van der Waals surface area contributed by atoms with Crippen LogP contribution < -0.4 is 5.32 Å². The van der Waals surface area contributed by atoms with Gasteiger partial charge in [0.15, 0.2) is 11.5 Å². The van der Waals surface area contributed by atoms with Crippen LogP contribution in [0.5, 0.6) is 0 Å². The molecule has 32 heavy (non-hydrogen) atoms. The summed E-state index contributed by atoms with van der Waals surface area (Å²) in [5.41, 5.74) is 4.24. The van der Waals surface area contributed by atoms with Gasteiger partial charge in [-0.05, 0) is 49.7 Å². The van der Waals surface area contributed by atoms with Crippen LogP contribution in [0.15, 0.2) is 78.9 Å². The quantitative estimate of drug-likeness (QED) is 0.454. The molecule has 0 spiro atoms. The minimum atomic E-state index is -0.437. The lowest BCUT2D eigenvalue weighted by Gasteiger charge is -2.06. The molecule has 0 atom stereocenters. The number of carbonyl (C=O) groups excluding carboxylic acids is 1. The third-order valence-electron chi connectivity index (χ3n) is 5.09. The number of benzene rings is 2. The Bertz CT molecular complexity index is 1370. The van der Waals surface area contributed by atoms with Crippen molar-refractivity contribution in [3.05, 3.63) is 95.9 Å². The molecule has 0 saturated carbocycles. The van der Waals surface area contributed by atoms with E-state index in [0.29, 0.717) is 17.3 Å². The Morgan fingerprint density at radius 3 is 2.31 bits per heavy atom. The monoisotopic (exact) mass is 420 g/mol. The van der Waals surface area contributed by atoms with E-state index in [9.17, 15) is 4.79 Å². The molecule has 0 bridgehead atoms. The summed E-state index contributed by atoms with van der Waals surface area (Å²) in [6.07, 6.45) is 0. The minimum absolute atomic E-state index is 0.0583. The van der Waals surface area contributed by atoms with Crippen LogP contribution in [-0.2, 0) is 0 Å². The molecule has 3 aromatic heterocycles. The molecule has 0 radical (unpaired) electrons. The predicted molar refractivity (Wildman–Crippen MR) is 124 cm³/mol. The van der Waals surface area contributed by atoms with Gasteiger partial charge in [0.2, 0.25) is 5.82 Å². The number of para-hydroxylation sites is 1. The maximum atomic E-state index is 13.0. The van der Waals surface area contributed by atoms with E-state index in [0.717, 1.165) is 27.9 Å². The van der Waals surface area contributed by atoms with Gasteiger partial charge in [0.1, 0.15) is 5.82 Å². The number of rotatable bonds is 4. The van der Waals surface area contributed by atoms with Gasteiger partial charge in [-0.3, -0.25) is 4.79 Å². The largest absolute Gasteiger partial charge is 0.304 e. The van der Waals surface area contributed by atoms with Crippen molar-refractivity contribution < 1.29 is 4.79 Å². The van der Waals surface area contributed by atoms with Crippen molar-refractivity contribution in [2.45, 2.75) is 13.8 Å². The molecule has 1 amide bonds. The maximum Gasteiger partial charge on any atom is 0.296 e. The van der Waals surface area contributed by atoms with Crippen LogP contribution in [0.4, 0.5) is 5.82 Å². The molecule has 0 saturated heterocycles. The first-order chi connectivity index (χ1) is 15.6. The van der Waals surface area contributed by atoms with Crippen molar-refractivity contribution in [2.75, 3.05) is 5.32 Å². The van der Waals surface area contributed by atoms with Gasteiger partial charge in [0, 0.05) is 16.6 Å². The van der Waals surface area contributed by atoms with Gasteiger partial charge in [-0.15, -0.1) is 5.10 Å². The van der Waals surface area contributed by atoms with Crippen LogP contribution >= 0.6 is 0 Å². The van der Waals surface area contributed by atoms with Crippen LogP contribution in [0.1, 0.15) is 21.9 Å². The number of aromatic nitrogens is 5. The molecular weight excluding hydrogens is 400 g/mol. The first-order valence-corrected chi connectivity index (χ1v) is 10.2. The Hall–Kier alpha value is -4.39. The zero-order valence-corrected chi connectivity index (χ0v) is 17.6. The number of amides is 1. The summed E-state index contributed by atoms with van der Waals surface area (Å²) in [7, 11) is 0. The molecule has 1 N–H and O–H groups in total. The van der Waals surface area contributed by atoms with Crippen LogP contribution in [0.2, 0.25) is 0 Å². The summed E-state index contributed by atoms with van der Waals surface area (Å²) in [5, 5.41) is 8.25. The number of hydrogen-bond donors (Lipinski definition) is 1. The smallest absolute Gasteiger partial charge is 0.296 e. The fourth-order valence-electron chi connectivity index (χ4n) is 3.61. The summed E-state index contributed by atoms with van der Waals surface area (Å²) < 4.78 is 1.67. The third kappa shape index (κ3) is 3.72. The standard InChI is InChI=1S/C25H20N6O/c1-16-15-17(2)26-22-20(16)13-14-21(27-22)28-25(32)23-29-24(18-9-5-3-6-10-18)31(30-23)19-11-7-4-8-12-19/h3-15H,1-2H3,(H,26,27,28,32). The lowest BCUT2D eigenvalue weighted by molar-refractivity contribution is 0.101. The Labute approximate surface area is 184 Å². The van der Waals surface area contributed by atoms with Crippen molar-refractivity contribution in [1.82, 2.24) is 24.7 Å². The number of nitrogens with one attached hydrogen (secondary N) is 1. The number of carbonyl (C=O) groups is 1. The Morgan fingerprint density at radius 1 is 0.844 bits per heavy atom. The second-order valence-electron chi connectivity index (χ2n) is 7.47. The van der Waals surface area contributed by atoms with E-state index in [-0.39, 0.29) is 5.82 Å². The van der Waals surface area contributed by atoms with Gasteiger partial charge in [-0.2, -0.15) is 0 Å². The molecule has 0 fully saturated rings. The van der Waals surface area contributed by atoms with E-state index >= 15 is 0 Å². The van der Waals surface area contributed by atoms with E-state index in [2.05, 4.69) is 25.4 Å². The molecule has 0 unspecified atom stereocenters. The summed E-state index contributed by atoms with van der Waals surface area (Å²) in [5.74, 6) is 0.606. The highest BCUT2D eigenvalue weighted by molar-refractivity contribution is 6.01. The number of anilines is 1. The normalized spacial score (nSPS) is 10.9. The van der Waals surface area contributed by atoms with Crippen LogP contribution in [0, 0.1) is 13.8 Å². The molecule has 2 aromatic carbocycles. The summed E-state index contributed by atoms with van der Waals surface area (Å²) >= 11 is 0.